The minimum Gasteiger partial charge on any atom is -0.360 e. The lowest BCUT2D eigenvalue weighted by atomic mass is 10.0. The Kier molecular flexibility index (Phi) is 6.68. The van der Waals surface area contributed by atoms with Gasteiger partial charge in [-0.25, -0.2) is 0 Å². The summed E-state index contributed by atoms with van der Waals surface area (Å²) in [7, 11) is 2.22. The Morgan fingerprint density at radius 3 is 1.88 bits per heavy atom. The van der Waals surface area contributed by atoms with Crippen LogP contribution in [0.4, 0.5) is 0 Å². The maximum Gasteiger partial charge on any atom is 0.0909 e. The highest BCUT2D eigenvalue weighted by molar-refractivity contribution is 14.1. The molecule has 0 saturated carbocycles. The summed E-state index contributed by atoms with van der Waals surface area (Å²) in [5, 5.41) is 0. The molecule has 0 aromatic carbocycles. The van der Waals surface area contributed by atoms with E-state index in [9.17, 15) is 0 Å². The average molecular weight is 335 g/mol. The molecular weight excluding hydrogens is 309 g/mol. The summed E-state index contributed by atoms with van der Waals surface area (Å²) in [6.07, 6.45) is 4.52. The SMILES string of the molecule is C/C=C(/C)C(=C(C)C)N(C)C(I)(CC)CC. The third-order valence-electron chi connectivity index (χ3n) is 3.30. The smallest absolute Gasteiger partial charge is 0.0909 e. The maximum atomic E-state index is 2.59. The van der Waals surface area contributed by atoms with E-state index in [0.717, 1.165) is 12.8 Å². The number of halogens is 1. The van der Waals surface area contributed by atoms with Crippen LogP contribution in [0.2, 0.25) is 0 Å². The van der Waals surface area contributed by atoms with E-state index in [4.69, 9.17) is 0 Å². The van der Waals surface area contributed by atoms with Crippen molar-refractivity contribution in [2.45, 2.75) is 57.9 Å². The third kappa shape index (κ3) is 3.51. The molecule has 16 heavy (non-hydrogen) atoms. The Balaban J connectivity index is 5.36. The van der Waals surface area contributed by atoms with Gasteiger partial charge in [0.1, 0.15) is 0 Å². The average Bonchev–Trinajstić information content (AvgIpc) is 2.27. The molecular formula is C14H26IN. The normalized spacial score (nSPS) is 12.6. The molecule has 0 atom stereocenters. The van der Waals surface area contributed by atoms with E-state index in [2.05, 4.69) is 82.2 Å². The number of alkyl halides is 1. The van der Waals surface area contributed by atoms with Crippen LogP contribution in [0.25, 0.3) is 0 Å². The molecule has 0 amide bonds. The molecule has 0 fully saturated rings. The monoisotopic (exact) mass is 335 g/mol. The number of likely N-dealkylation sites (N-methyl/N-ethyl adjacent to an activating group) is 1. The fourth-order valence-electron chi connectivity index (χ4n) is 2.06. The molecule has 0 aromatic rings. The second-order valence-electron chi connectivity index (χ2n) is 4.50. The molecule has 0 unspecified atom stereocenters. The summed E-state index contributed by atoms with van der Waals surface area (Å²) in [5.74, 6) is 0. The van der Waals surface area contributed by atoms with Crippen LogP contribution in [0.3, 0.4) is 0 Å². The van der Waals surface area contributed by atoms with Crippen LogP contribution >= 0.6 is 22.6 Å². The van der Waals surface area contributed by atoms with Gasteiger partial charge in [-0.1, -0.05) is 48.1 Å². The highest BCUT2D eigenvalue weighted by atomic mass is 127. The summed E-state index contributed by atoms with van der Waals surface area (Å²) in [6.45, 7) is 13.2. The first-order chi connectivity index (χ1) is 7.33. The van der Waals surface area contributed by atoms with E-state index in [-0.39, 0.29) is 3.55 Å². The lowest BCUT2D eigenvalue weighted by Gasteiger charge is -2.40. The number of hydrogen-bond donors (Lipinski definition) is 0. The topological polar surface area (TPSA) is 3.24 Å². The van der Waals surface area contributed by atoms with Crippen molar-refractivity contribution in [2.24, 2.45) is 0 Å². The summed E-state index contributed by atoms with van der Waals surface area (Å²) in [4.78, 5) is 2.44. The molecule has 0 bridgehead atoms. The van der Waals surface area contributed by atoms with Crippen molar-refractivity contribution in [3.05, 3.63) is 22.9 Å². The van der Waals surface area contributed by atoms with E-state index in [1.54, 1.807) is 0 Å². The fraction of sp³-hybridized carbons (Fsp3) is 0.714. The first kappa shape index (κ1) is 16.0. The van der Waals surface area contributed by atoms with Crippen LogP contribution in [0.5, 0.6) is 0 Å². The van der Waals surface area contributed by atoms with Crippen LogP contribution in [0.15, 0.2) is 22.9 Å². The summed E-state index contributed by atoms with van der Waals surface area (Å²) in [6, 6.07) is 0. The van der Waals surface area contributed by atoms with E-state index in [1.807, 2.05) is 0 Å². The van der Waals surface area contributed by atoms with Crippen LogP contribution in [-0.4, -0.2) is 15.5 Å². The predicted molar refractivity (Wildman–Crippen MR) is 82.9 cm³/mol. The first-order valence-corrected chi connectivity index (χ1v) is 7.15. The molecule has 0 aliphatic carbocycles. The summed E-state index contributed by atoms with van der Waals surface area (Å²) < 4.78 is 0.231. The third-order valence-corrected chi connectivity index (χ3v) is 5.55. The molecule has 2 heteroatoms. The van der Waals surface area contributed by atoms with Gasteiger partial charge in [0, 0.05) is 12.7 Å². The Morgan fingerprint density at radius 1 is 1.19 bits per heavy atom. The number of rotatable bonds is 5. The van der Waals surface area contributed by atoms with Gasteiger partial charge in [-0.15, -0.1) is 0 Å². The molecule has 0 heterocycles. The molecule has 0 rings (SSSR count). The van der Waals surface area contributed by atoms with Gasteiger partial charge in [0.15, 0.2) is 0 Å². The quantitative estimate of drug-likeness (QED) is 0.291. The molecule has 0 saturated heterocycles. The van der Waals surface area contributed by atoms with Crippen molar-refractivity contribution < 1.29 is 0 Å². The second kappa shape index (κ2) is 6.67. The van der Waals surface area contributed by atoms with Gasteiger partial charge in [0.25, 0.3) is 0 Å². The zero-order valence-corrected chi connectivity index (χ0v) is 14.0. The zero-order valence-electron chi connectivity index (χ0n) is 11.8. The largest absolute Gasteiger partial charge is 0.360 e. The zero-order chi connectivity index (χ0) is 12.9. The van der Waals surface area contributed by atoms with Crippen LogP contribution in [-0.2, 0) is 0 Å². The predicted octanol–water partition coefficient (Wildman–Crippen LogP) is 5.13. The maximum absolute atomic E-state index is 2.59. The second-order valence-corrected chi connectivity index (χ2v) is 6.51. The number of allylic oxidation sites excluding steroid dienone is 3. The van der Waals surface area contributed by atoms with Gasteiger partial charge >= 0.3 is 0 Å². The molecule has 0 aliphatic rings. The van der Waals surface area contributed by atoms with E-state index in [0.29, 0.717) is 0 Å². The Labute approximate surface area is 115 Å². The Morgan fingerprint density at radius 2 is 1.62 bits per heavy atom. The molecule has 0 spiro atoms. The van der Waals surface area contributed by atoms with E-state index >= 15 is 0 Å². The molecule has 0 N–H and O–H groups in total. The van der Waals surface area contributed by atoms with Gasteiger partial charge < -0.3 is 4.90 Å². The number of nitrogens with zero attached hydrogens (tertiary/aromatic N) is 1. The van der Waals surface area contributed by atoms with Crippen LogP contribution in [0.1, 0.15) is 54.4 Å². The van der Waals surface area contributed by atoms with Gasteiger partial charge in [0.2, 0.25) is 0 Å². The van der Waals surface area contributed by atoms with Crippen LogP contribution in [0, 0.1) is 0 Å². The molecule has 94 valence electrons. The minimum absolute atomic E-state index is 0.231. The van der Waals surface area contributed by atoms with E-state index < -0.39 is 0 Å². The van der Waals surface area contributed by atoms with Gasteiger partial charge in [-0.05, 0) is 46.1 Å². The van der Waals surface area contributed by atoms with Gasteiger partial charge in [-0.2, -0.15) is 0 Å². The highest BCUT2D eigenvalue weighted by Crippen LogP contribution is 2.36. The van der Waals surface area contributed by atoms with E-state index in [1.165, 1.54) is 16.8 Å². The van der Waals surface area contributed by atoms with Crippen molar-refractivity contribution in [3.63, 3.8) is 0 Å². The minimum atomic E-state index is 0.231. The van der Waals surface area contributed by atoms with Crippen molar-refractivity contribution in [1.29, 1.82) is 0 Å². The van der Waals surface area contributed by atoms with Crippen molar-refractivity contribution in [3.8, 4) is 0 Å². The lowest BCUT2D eigenvalue weighted by molar-refractivity contribution is 0.271. The van der Waals surface area contributed by atoms with Crippen molar-refractivity contribution in [1.82, 2.24) is 4.90 Å². The van der Waals surface area contributed by atoms with Gasteiger partial charge in [0.05, 0.1) is 3.55 Å². The fourth-order valence-corrected chi connectivity index (χ4v) is 2.30. The molecule has 0 aromatic heterocycles. The number of hydrogen-bond acceptors (Lipinski definition) is 1. The van der Waals surface area contributed by atoms with Crippen LogP contribution < -0.4 is 0 Å². The summed E-state index contributed by atoms with van der Waals surface area (Å²) in [5.41, 5.74) is 4.15. The first-order valence-electron chi connectivity index (χ1n) is 6.07. The molecule has 0 radical (unpaired) electrons. The molecule has 1 nitrogen and oxygen atoms in total. The Hall–Kier alpha value is 0.0100. The molecule has 0 aliphatic heterocycles. The summed E-state index contributed by atoms with van der Waals surface area (Å²) >= 11 is 2.59. The highest BCUT2D eigenvalue weighted by Gasteiger charge is 2.29. The Bertz CT molecular complexity index is 281. The standard InChI is InChI=1S/C14H26IN/c1-8-12(6)13(11(4)5)16(7)14(15,9-2)10-3/h8H,9-10H2,1-7H3/b12-8-. The van der Waals surface area contributed by atoms with Crippen molar-refractivity contribution in [2.75, 3.05) is 7.05 Å². The van der Waals surface area contributed by atoms with Crippen molar-refractivity contribution >= 4 is 22.6 Å². The van der Waals surface area contributed by atoms with Gasteiger partial charge in [-0.3, -0.25) is 0 Å². The lowest BCUT2D eigenvalue weighted by Crippen LogP contribution is -2.39.